The van der Waals surface area contributed by atoms with Crippen LogP contribution in [0.1, 0.15) is 17.3 Å². The van der Waals surface area contributed by atoms with Crippen molar-refractivity contribution in [3.8, 4) is 0 Å². The van der Waals surface area contributed by atoms with E-state index in [-0.39, 0.29) is 16.6 Å². The largest absolute Gasteiger partial charge is 0.341 e. The normalized spacial score (nSPS) is 11.7. The monoisotopic (exact) mass is 441 g/mol. The summed E-state index contributed by atoms with van der Waals surface area (Å²) in [5, 5.41) is 5.28. The lowest BCUT2D eigenvalue weighted by Crippen LogP contribution is -2.14. The summed E-state index contributed by atoms with van der Waals surface area (Å²) in [6, 6.07) is 18.4. The number of nitrogens with zero attached hydrogens (tertiary/aromatic N) is 1. The number of aryl methyl sites for hydroxylation is 1. The average molecular weight is 442 g/mol. The third kappa shape index (κ3) is 3.86. The number of carbonyl (C=O) groups excluding carboxylic acids is 1. The maximum absolute atomic E-state index is 12.8. The molecule has 0 saturated carbocycles. The van der Waals surface area contributed by atoms with Crippen LogP contribution in [0.25, 0.3) is 21.8 Å². The van der Waals surface area contributed by atoms with Gasteiger partial charge < -0.3 is 9.88 Å². The van der Waals surface area contributed by atoms with Crippen LogP contribution in [0.3, 0.4) is 0 Å². The highest BCUT2D eigenvalue weighted by molar-refractivity contribution is 7.92. The standard InChI is InChI=1S/C22H20ClN3O3S/c1-3-26-20-7-5-4-6-16(20)17-13-15(9-11-21(17)26)24-22(27)14-8-10-18(23)19(12-14)25-30(2,28)29/h4-13,25H,3H2,1-2H3,(H,24,27). The van der Waals surface area contributed by atoms with Gasteiger partial charge in [-0.2, -0.15) is 0 Å². The molecular formula is C22H20ClN3O3S. The molecule has 0 atom stereocenters. The van der Waals surface area contributed by atoms with Gasteiger partial charge in [-0.15, -0.1) is 0 Å². The highest BCUT2D eigenvalue weighted by atomic mass is 35.5. The Hall–Kier alpha value is -3.03. The van der Waals surface area contributed by atoms with Crippen molar-refractivity contribution in [2.24, 2.45) is 0 Å². The fourth-order valence-corrected chi connectivity index (χ4v) is 4.41. The Labute approximate surface area is 179 Å². The topological polar surface area (TPSA) is 80.2 Å². The van der Waals surface area contributed by atoms with Gasteiger partial charge in [0.25, 0.3) is 5.91 Å². The van der Waals surface area contributed by atoms with Crippen LogP contribution in [0.2, 0.25) is 5.02 Å². The molecule has 154 valence electrons. The first-order valence-electron chi connectivity index (χ1n) is 9.36. The van der Waals surface area contributed by atoms with Crippen LogP contribution in [0, 0.1) is 0 Å². The first-order chi connectivity index (χ1) is 14.3. The van der Waals surface area contributed by atoms with Gasteiger partial charge >= 0.3 is 0 Å². The molecule has 0 aliphatic heterocycles. The molecule has 0 aliphatic rings. The van der Waals surface area contributed by atoms with E-state index in [1.807, 2.05) is 30.3 Å². The fourth-order valence-electron chi connectivity index (χ4n) is 3.62. The lowest BCUT2D eigenvalue weighted by molar-refractivity contribution is 0.102. The molecule has 1 heterocycles. The summed E-state index contributed by atoms with van der Waals surface area (Å²) >= 11 is 6.04. The number of rotatable bonds is 5. The van der Waals surface area contributed by atoms with Crippen molar-refractivity contribution in [2.45, 2.75) is 13.5 Å². The van der Waals surface area contributed by atoms with Gasteiger partial charge in [-0.05, 0) is 49.4 Å². The van der Waals surface area contributed by atoms with Crippen molar-refractivity contribution in [2.75, 3.05) is 16.3 Å². The number of hydrogen-bond donors (Lipinski definition) is 2. The second-order valence-electron chi connectivity index (χ2n) is 7.02. The zero-order valence-electron chi connectivity index (χ0n) is 16.4. The molecule has 0 spiro atoms. The lowest BCUT2D eigenvalue weighted by Gasteiger charge is -2.10. The van der Waals surface area contributed by atoms with E-state index in [2.05, 4.69) is 33.7 Å². The van der Waals surface area contributed by atoms with E-state index in [1.54, 1.807) is 6.07 Å². The molecule has 4 rings (SSSR count). The molecule has 0 saturated heterocycles. The van der Waals surface area contributed by atoms with Crippen molar-refractivity contribution in [1.82, 2.24) is 4.57 Å². The van der Waals surface area contributed by atoms with E-state index in [0.717, 1.165) is 34.6 Å². The minimum Gasteiger partial charge on any atom is -0.341 e. The van der Waals surface area contributed by atoms with E-state index < -0.39 is 10.0 Å². The van der Waals surface area contributed by atoms with Crippen LogP contribution in [0.5, 0.6) is 0 Å². The molecule has 2 N–H and O–H groups in total. The van der Waals surface area contributed by atoms with Crippen molar-refractivity contribution < 1.29 is 13.2 Å². The molecule has 1 amide bonds. The molecule has 1 aromatic heterocycles. The van der Waals surface area contributed by atoms with Crippen LogP contribution in [-0.2, 0) is 16.6 Å². The zero-order chi connectivity index (χ0) is 21.5. The summed E-state index contributed by atoms with van der Waals surface area (Å²) < 4.78 is 27.6. The van der Waals surface area contributed by atoms with Crippen molar-refractivity contribution in [3.05, 3.63) is 71.2 Å². The first-order valence-corrected chi connectivity index (χ1v) is 11.6. The number of anilines is 2. The van der Waals surface area contributed by atoms with Gasteiger partial charge in [0.05, 0.1) is 17.0 Å². The number of sulfonamides is 1. The van der Waals surface area contributed by atoms with Gasteiger partial charge in [0.2, 0.25) is 10.0 Å². The second-order valence-corrected chi connectivity index (χ2v) is 9.17. The first kappa shape index (κ1) is 20.3. The van der Waals surface area contributed by atoms with E-state index in [0.29, 0.717) is 11.3 Å². The molecule has 4 aromatic rings. The number of para-hydroxylation sites is 1. The maximum atomic E-state index is 12.8. The zero-order valence-corrected chi connectivity index (χ0v) is 18.0. The predicted molar refractivity (Wildman–Crippen MR) is 123 cm³/mol. The third-order valence-electron chi connectivity index (χ3n) is 4.87. The van der Waals surface area contributed by atoms with Crippen molar-refractivity contribution >= 4 is 60.7 Å². The van der Waals surface area contributed by atoms with Gasteiger partial charge in [-0.1, -0.05) is 29.8 Å². The van der Waals surface area contributed by atoms with E-state index >= 15 is 0 Å². The molecule has 3 aromatic carbocycles. The number of nitrogens with one attached hydrogen (secondary N) is 2. The Morgan fingerprint density at radius 2 is 1.73 bits per heavy atom. The quantitative estimate of drug-likeness (QED) is 0.452. The summed E-state index contributed by atoms with van der Waals surface area (Å²) in [5.74, 6) is -0.359. The number of hydrogen-bond acceptors (Lipinski definition) is 3. The fraction of sp³-hybridized carbons (Fsp3) is 0.136. The Kier molecular flexibility index (Phi) is 5.17. The number of carbonyl (C=O) groups is 1. The SMILES string of the molecule is CCn1c2ccccc2c2cc(NC(=O)c3ccc(Cl)c(NS(C)(=O)=O)c3)ccc21. The predicted octanol–water partition coefficient (Wildman–Crippen LogP) is 5.09. The Bertz CT molecular complexity index is 1390. The smallest absolute Gasteiger partial charge is 0.255 e. The Morgan fingerprint density at radius 3 is 2.47 bits per heavy atom. The Balaban J connectivity index is 1.68. The summed E-state index contributed by atoms with van der Waals surface area (Å²) in [5.41, 5.74) is 3.35. The molecule has 0 fully saturated rings. The van der Waals surface area contributed by atoms with Crippen LogP contribution in [0.4, 0.5) is 11.4 Å². The van der Waals surface area contributed by atoms with Crippen molar-refractivity contribution in [3.63, 3.8) is 0 Å². The van der Waals surface area contributed by atoms with Gasteiger partial charge in [0, 0.05) is 39.6 Å². The lowest BCUT2D eigenvalue weighted by atomic mass is 10.1. The average Bonchev–Trinajstić information content (AvgIpc) is 3.01. The van der Waals surface area contributed by atoms with E-state index in [1.165, 1.54) is 12.1 Å². The summed E-state index contributed by atoms with van der Waals surface area (Å²) in [6.45, 7) is 2.95. The number of halogens is 1. The van der Waals surface area contributed by atoms with Gasteiger partial charge in [0.15, 0.2) is 0 Å². The molecular weight excluding hydrogens is 422 g/mol. The summed E-state index contributed by atoms with van der Waals surface area (Å²) in [7, 11) is -3.51. The van der Waals surface area contributed by atoms with Gasteiger partial charge in [0.1, 0.15) is 0 Å². The second kappa shape index (κ2) is 7.66. The maximum Gasteiger partial charge on any atom is 0.255 e. The van der Waals surface area contributed by atoms with Crippen molar-refractivity contribution in [1.29, 1.82) is 0 Å². The number of benzene rings is 3. The number of amides is 1. The molecule has 0 radical (unpaired) electrons. The van der Waals surface area contributed by atoms with Crippen LogP contribution < -0.4 is 10.0 Å². The Morgan fingerprint density at radius 1 is 1.00 bits per heavy atom. The highest BCUT2D eigenvalue weighted by Gasteiger charge is 2.14. The summed E-state index contributed by atoms with van der Waals surface area (Å²) in [4.78, 5) is 12.8. The highest BCUT2D eigenvalue weighted by Crippen LogP contribution is 2.31. The minimum absolute atomic E-state index is 0.160. The van der Waals surface area contributed by atoms with Crippen LogP contribution in [-0.4, -0.2) is 25.1 Å². The molecule has 6 nitrogen and oxygen atoms in total. The van der Waals surface area contributed by atoms with Gasteiger partial charge in [-0.3, -0.25) is 9.52 Å². The summed E-state index contributed by atoms with van der Waals surface area (Å²) in [6.07, 6.45) is 1.03. The van der Waals surface area contributed by atoms with E-state index in [9.17, 15) is 13.2 Å². The third-order valence-corrected chi connectivity index (χ3v) is 5.79. The number of fused-ring (bicyclic) bond motifs is 3. The molecule has 0 unspecified atom stereocenters. The van der Waals surface area contributed by atoms with E-state index in [4.69, 9.17) is 11.6 Å². The van der Waals surface area contributed by atoms with Crippen LogP contribution in [0.15, 0.2) is 60.7 Å². The molecule has 0 bridgehead atoms. The van der Waals surface area contributed by atoms with Gasteiger partial charge in [-0.25, -0.2) is 8.42 Å². The minimum atomic E-state index is -3.51. The molecule has 8 heteroatoms. The van der Waals surface area contributed by atoms with Crippen LogP contribution >= 0.6 is 11.6 Å². The molecule has 0 aliphatic carbocycles. The molecule has 30 heavy (non-hydrogen) atoms. The number of aromatic nitrogens is 1.